The second-order valence-electron chi connectivity index (χ2n) is 3.35. The summed E-state index contributed by atoms with van der Waals surface area (Å²) >= 11 is 4.70. The van der Waals surface area contributed by atoms with E-state index in [0.29, 0.717) is 10.7 Å². The Labute approximate surface area is 112 Å². The van der Waals surface area contributed by atoms with Gasteiger partial charge in [-0.25, -0.2) is 0 Å². The topological polar surface area (TPSA) is 38.3 Å². The summed E-state index contributed by atoms with van der Waals surface area (Å²) in [5, 5.41) is 4.56. The Balaban J connectivity index is 2.09. The van der Waals surface area contributed by atoms with Crippen molar-refractivity contribution < 1.29 is 9.53 Å². The summed E-state index contributed by atoms with van der Waals surface area (Å²) in [6.45, 7) is 1.77. The van der Waals surface area contributed by atoms with Crippen LogP contribution >= 0.6 is 27.7 Å². The maximum Gasteiger partial charge on any atom is 0.265 e. The lowest BCUT2D eigenvalue weighted by molar-refractivity contribution is -0.112. The molecule has 1 aliphatic heterocycles. The standard InChI is InChI=1S/C12H10BrNO2S/c1-8-11(17-7-6-16-8)12(15)14-10-4-2-9(13)3-5-10/h2-7H,1H3,(H,14,15). The van der Waals surface area contributed by atoms with E-state index in [2.05, 4.69) is 21.2 Å². The second kappa shape index (κ2) is 5.42. The molecule has 0 aromatic heterocycles. The monoisotopic (exact) mass is 311 g/mol. The number of thioether (sulfide) groups is 1. The molecular formula is C12H10BrNO2S. The zero-order valence-electron chi connectivity index (χ0n) is 9.07. The summed E-state index contributed by atoms with van der Waals surface area (Å²) in [6.07, 6.45) is 1.57. The van der Waals surface area contributed by atoms with E-state index in [1.54, 1.807) is 18.6 Å². The number of rotatable bonds is 2. The second-order valence-corrected chi connectivity index (χ2v) is 5.19. The lowest BCUT2D eigenvalue weighted by atomic mass is 10.3. The van der Waals surface area contributed by atoms with Gasteiger partial charge in [0.05, 0.1) is 6.26 Å². The predicted octanol–water partition coefficient (Wildman–Crippen LogP) is 3.85. The molecule has 0 saturated heterocycles. The molecule has 88 valence electrons. The molecule has 1 N–H and O–H groups in total. The van der Waals surface area contributed by atoms with Crippen LogP contribution in [0.2, 0.25) is 0 Å². The van der Waals surface area contributed by atoms with Gasteiger partial charge in [0.2, 0.25) is 0 Å². The van der Waals surface area contributed by atoms with Crippen molar-refractivity contribution in [3.63, 3.8) is 0 Å². The average molecular weight is 312 g/mol. The number of anilines is 1. The Morgan fingerprint density at radius 3 is 2.71 bits per heavy atom. The highest BCUT2D eigenvalue weighted by atomic mass is 79.9. The SMILES string of the molecule is CC1=C(C(=O)Nc2ccc(Br)cc2)SC=CO1. The van der Waals surface area contributed by atoms with E-state index in [1.165, 1.54) is 11.8 Å². The molecule has 0 bridgehead atoms. The first kappa shape index (κ1) is 12.3. The van der Waals surface area contributed by atoms with Crippen molar-refractivity contribution in [3.05, 3.63) is 51.1 Å². The zero-order chi connectivity index (χ0) is 12.3. The molecule has 0 aliphatic carbocycles. The molecule has 1 aromatic carbocycles. The number of hydrogen-bond donors (Lipinski definition) is 1. The third-order valence-corrected chi connectivity index (χ3v) is 3.60. The number of ether oxygens (including phenoxy) is 1. The molecule has 2 rings (SSSR count). The lowest BCUT2D eigenvalue weighted by Gasteiger charge is -2.13. The first-order chi connectivity index (χ1) is 8.16. The van der Waals surface area contributed by atoms with E-state index in [-0.39, 0.29) is 5.91 Å². The van der Waals surface area contributed by atoms with Crippen LogP contribution < -0.4 is 5.32 Å². The number of carbonyl (C=O) groups excluding carboxylic acids is 1. The van der Waals surface area contributed by atoms with Crippen molar-refractivity contribution in [3.8, 4) is 0 Å². The summed E-state index contributed by atoms with van der Waals surface area (Å²) in [6, 6.07) is 7.42. The number of hydrogen-bond acceptors (Lipinski definition) is 3. The maximum absolute atomic E-state index is 11.9. The van der Waals surface area contributed by atoms with E-state index < -0.39 is 0 Å². The first-order valence-corrected chi connectivity index (χ1v) is 6.60. The van der Waals surface area contributed by atoms with E-state index in [1.807, 2.05) is 24.3 Å². The number of amides is 1. The molecule has 0 saturated carbocycles. The third kappa shape index (κ3) is 3.14. The molecule has 0 unspecified atom stereocenters. The highest BCUT2D eigenvalue weighted by Crippen LogP contribution is 2.27. The number of carbonyl (C=O) groups is 1. The van der Waals surface area contributed by atoms with E-state index in [0.717, 1.165) is 10.2 Å². The fraction of sp³-hybridized carbons (Fsp3) is 0.0833. The van der Waals surface area contributed by atoms with Crippen LogP contribution in [-0.4, -0.2) is 5.91 Å². The van der Waals surface area contributed by atoms with Crippen LogP contribution in [-0.2, 0) is 9.53 Å². The van der Waals surface area contributed by atoms with Crippen LogP contribution in [0.1, 0.15) is 6.92 Å². The highest BCUT2D eigenvalue weighted by molar-refractivity contribution is 9.10. The Kier molecular flexibility index (Phi) is 3.91. The van der Waals surface area contributed by atoms with Crippen LogP contribution in [0.3, 0.4) is 0 Å². The Morgan fingerprint density at radius 2 is 2.06 bits per heavy atom. The average Bonchev–Trinajstić information content (AvgIpc) is 2.32. The molecule has 1 aromatic rings. The quantitative estimate of drug-likeness (QED) is 0.901. The number of nitrogens with one attached hydrogen (secondary N) is 1. The predicted molar refractivity (Wildman–Crippen MR) is 73.3 cm³/mol. The minimum absolute atomic E-state index is 0.154. The van der Waals surface area contributed by atoms with Gasteiger partial charge in [0.25, 0.3) is 5.91 Å². The lowest BCUT2D eigenvalue weighted by Crippen LogP contribution is -2.14. The molecule has 0 fully saturated rings. The minimum Gasteiger partial charge on any atom is -0.468 e. The summed E-state index contributed by atoms with van der Waals surface area (Å²) < 4.78 is 6.15. The van der Waals surface area contributed by atoms with Crippen LogP contribution in [0.15, 0.2) is 51.1 Å². The minimum atomic E-state index is -0.154. The van der Waals surface area contributed by atoms with Gasteiger partial charge in [0.1, 0.15) is 10.7 Å². The molecule has 0 atom stereocenters. The van der Waals surface area contributed by atoms with Crippen LogP contribution in [0.5, 0.6) is 0 Å². The van der Waals surface area contributed by atoms with Crippen LogP contribution in [0.4, 0.5) is 5.69 Å². The van der Waals surface area contributed by atoms with E-state index in [4.69, 9.17) is 4.74 Å². The maximum atomic E-state index is 11.9. The van der Waals surface area contributed by atoms with Gasteiger partial charge in [-0.2, -0.15) is 0 Å². The van der Waals surface area contributed by atoms with Crippen LogP contribution in [0, 0.1) is 0 Å². The van der Waals surface area contributed by atoms with Crippen LogP contribution in [0.25, 0.3) is 0 Å². The van der Waals surface area contributed by atoms with Crippen molar-refractivity contribution in [2.24, 2.45) is 0 Å². The number of halogens is 1. The van der Waals surface area contributed by atoms with Gasteiger partial charge in [-0.15, -0.1) is 0 Å². The fourth-order valence-corrected chi connectivity index (χ4v) is 2.18. The zero-order valence-corrected chi connectivity index (χ0v) is 11.5. The molecule has 0 radical (unpaired) electrons. The van der Waals surface area contributed by atoms with Gasteiger partial charge in [0.15, 0.2) is 0 Å². The molecular weight excluding hydrogens is 302 g/mol. The summed E-state index contributed by atoms with van der Waals surface area (Å²) in [4.78, 5) is 12.5. The largest absolute Gasteiger partial charge is 0.468 e. The van der Waals surface area contributed by atoms with Gasteiger partial charge in [-0.1, -0.05) is 27.7 Å². The van der Waals surface area contributed by atoms with Gasteiger partial charge in [-0.05, 0) is 31.2 Å². The first-order valence-electron chi connectivity index (χ1n) is 4.93. The molecule has 1 heterocycles. The normalized spacial score (nSPS) is 14.5. The summed E-state index contributed by atoms with van der Waals surface area (Å²) in [5.41, 5.74) is 0.758. The van der Waals surface area contributed by atoms with E-state index >= 15 is 0 Å². The summed E-state index contributed by atoms with van der Waals surface area (Å²) in [5.74, 6) is 0.464. The van der Waals surface area contributed by atoms with Crippen molar-refractivity contribution in [1.82, 2.24) is 0 Å². The highest BCUT2D eigenvalue weighted by Gasteiger charge is 2.16. The van der Waals surface area contributed by atoms with Gasteiger partial charge < -0.3 is 10.1 Å². The molecule has 0 spiro atoms. The number of allylic oxidation sites excluding steroid dienone is 1. The van der Waals surface area contributed by atoms with Crippen molar-refractivity contribution in [1.29, 1.82) is 0 Å². The Morgan fingerprint density at radius 1 is 1.35 bits per heavy atom. The van der Waals surface area contributed by atoms with Gasteiger partial charge in [0, 0.05) is 15.6 Å². The molecule has 17 heavy (non-hydrogen) atoms. The Bertz CT molecular complexity index is 494. The van der Waals surface area contributed by atoms with Gasteiger partial charge >= 0.3 is 0 Å². The van der Waals surface area contributed by atoms with E-state index in [9.17, 15) is 4.79 Å². The van der Waals surface area contributed by atoms with Crippen molar-refractivity contribution in [2.45, 2.75) is 6.92 Å². The molecule has 1 amide bonds. The third-order valence-electron chi connectivity index (χ3n) is 2.11. The molecule has 3 nitrogen and oxygen atoms in total. The fourth-order valence-electron chi connectivity index (χ4n) is 1.30. The van der Waals surface area contributed by atoms with Gasteiger partial charge in [-0.3, -0.25) is 4.79 Å². The smallest absolute Gasteiger partial charge is 0.265 e. The number of benzene rings is 1. The molecule has 1 aliphatic rings. The van der Waals surface area contributed by atoms with Crippen molar-refractivity contribution >= 4 is 39.3 Å². The Hall–Kier alpha value is -1.20. The summed E-state index contributed by atoms with van der Waals surface area (Å²) in [7, 11) is 0. The molecule has 5 heteroatoms. The van der Waals surface area contributed by atoms with Crippen molar-refractivity contribution in [2.75, 3.05) is 5.32 Å².